The molecule has 0 aliphatic heterocycles. The van der Waals surface area contributed by atoms with Crippen LogP contribution in [0.15, 0.2) is 23.2 Å². The van der Waals surface area contributed by atoms with Gasteiger partial charge in [0.25, 0.3) is 0 Å². The second kappa shape index (κ2) is 9.45. The molecule has 1 aromatic rings. The highest BCUT2D eigenvalue weighted by Crippen LogP contribution is 2.29. The molecule has 0 bridgehead atoms. The van der Waals surface area contributed by atoms with E-state index in [4.69, 9.17) is 9.47 Å². The Labute approximate surface area is 150 Å². The summed E-state index contributed by atoms with van der Waals surface area (Å²) in [5.41, 5.74) is 0.936. The van der Waals surface area contributed by atoms with Gasteiger partial charge < -0.3 is 14.6 Å². The maximum Gasteiger partial charge on any atom is 0.328 e. The molecule has 0 aliphatic rings. The molecule has 140 valence electrons. The number of hydrogen-bond acceptors (Lipinski definition) is 7. The molecule has 0 unspecified atom stereocenters. The molecule has 0 aromatic heterocycles. The summed E-state index contributed by atoms with van der Waals surface area (Å²) in [5.74, 6) is -2.39. The summed E-state index contributed by atoms with van der Waals surface area (Å²) in [5, 5.41) is 9.36. The zero-order chi connectivity index (χ0) is 19.9. The highest BCUT2D eigenvalue weighted by atomic mass is 16.6. The normalized spacial score (nSPS) is 12.2. The third kappa shape index (κ3) is 7.25. The minimum Gasteiger partial charge on any atom is -0.480 e. The van der Waals surface area contributed by atoms with Gasteiger partial charge in [0.05, 0.1) is 0 Å². The van der Waals surface area contributed by atoms with Gasteiger partial charge in [0.2, 0.25) is 0 Å². The number of carboxylic acids is 1. The largest absolute Gasteiger partial charge is 0.480 e. The van der Waals surface area contributed by atoms with Gasteiger partial charge in [-0.1, -0.05) is 6.07 Å². The molecule has 1 aromatic carbocycles. The average Bonchev–Trinajstić information content (AvgIpc) is 2.47. The van der Waals surface area contributed by atoms with E-state index in [0.717, 1.165) is 0 Å². The van der Waals surface area contributed by atoms with Crippen LogP contribution >= 0.6 is 0 Å². The SMILES string of the molecule is CC(=O)CC(C)=N[C@@H](Cc1ccc(OC(C)=O)c(OC(C)=O)c1)C(=O)O. The van der Waals surface area contributed by atoms with E-state index in [0.29, 0.717) is 11.3 Å². The van der Waals surface area contributed by atoms with Gasteiger partial charge in [-0.2, -0.15) is 0 Å². The van der Waals surface area contributed by atoms with Gasteiger partial charge in [0.1, 0.15) is 5.78 Å². The lowest BCUT2D eigenvalue weighted by Gasteiger charge is -2.13. The Kier molecular flexibility index (Phi) is 7.64. The maximum atomic E-state index is 11.5. The number of rotatable bonds is 8. The van der Waals surface area contributed by atoms with Gasteiger partial charge in [-0.05, 0) is 31.5 Å². The van der Waals surface area contributed by atoms with Crippen molar-refractivity contribution in [1.82, 2.24) is 0 Å². The number of aliphatic carboxylic acids is 1. The molecule has 8 nitrogen and oxygen atoms in total. The molecule has 0 amide bonds. The van der Waals surface area contributed by atoms with Gasteiger partial charge in [-0.3, -0.25) is 19.4 Å². The van der Waals surface area contributed by atoms with E-state index in [9.17, 15) is 24.3 Å². The Morgan fingerprint density at radius 2 is 1.58 bits per heavy atom. The molecular weight excluding hydrogens is 342 g/mol. The first kappa shape index (κ1) is 21.0. The van der Waals surface area contributed by atoms with Crippen LogP contribution in [-0.4, -0.2) is 40.6 Å². The molecule has 1 atom stereocenters. The summed E-state index contributed by atoms with van der Waals surface area (Å²) in [6.45, 7) is 5.39. The van der Waals surface area contributed by atoms with Crippen LogP contribution in [0.2, 0.25) is 0 Å². The first-order valence-electron chi connectivity index (χ1n) is 7.83. The minimum absolute atomic E-state index is 0.0128. The van der Waals surface area contributed by atoms with Crippen molar-refractivity contribution in [3.05, 3.63) is 23.8 Å². The molecule has 1 rings (SSSR count). The molecular formula is C18H21NO7. The van der Waals surface area contributed by atoms with E-state index in [1.54, 1.807) is 13.0 Å². The van der Waals surface area contributed by atoms with E-state index in [1.807, 2.05) is 0 Å². The van der Waals surface area contributed by atoms with Crippen LogP contribution in [0.3, 0.4) is 0 Å². The smallest absolute Gasteiger partial charge is 0.328 e. The summed E-state index contributed by atoms with van der Waals surface area (Å²) in [6, 6.07) is 3.29. The number of benzene rings is 1. The Bertz CT molecular complexity index is 752. The zero-order valence-electron chi connectivity index (χ0n) is 15.1. The van der Waals surface area contributed by atoms with Crippen LogP contribution < -0.4 is 9.47 Å². The number of hydrogen-bond donors (Lipinski definition) is 1. The Morgan fingerprint density at radius 3 is 2.08 bits per heavy atom. The molecule has 1 N–H and O–H groups in total. The number of carbonyl (C=O) groups excluding carboxylic acids is 3. The first-order valence-corrected chi connectivity index (χ1v) is 7.83. The lowest BCUT2D eigenvalue weighted by Crippen LogP contribution is -2.22. The number of esters is 2. The fourth-order valence-corrected chi connectivity index (χ4v) is 2.24. The summed E-state index contributed by atoms with van der Waals surface area (Å²) in [6.07, 6.45) is 0.0903. The highest BCUT2D eigenvalue weighted by molar-refractivity contribution is 6.00. The number of ketones is 1. The van der Waals surface area contributed by atoms with Crippen molar-refractivity contribution in [2.24, 2.45) is 4.99 Å². The van der Waals surface area contributed by atoms with Crippen molar-refractivity contribution in [3.8, 4) is 11.5 Å². The Balaban J connectivity index is 3.11. The third-order valence-electron chi connectivity index (χ3n) is 3.11. The molecule has 0 saturated carbocycles. The number of carbonyl (C=O) groups is 4. The molecule has 0 fully saturated rings. The summed E-state index contributed by atoms with van der Waals surface area (Å²) in [4.78, 5) is 49.0. The van der Waals surface area contributed by atoms with Gasteiger partial charge in [-0.15, -0.1) is 0 Å². The van der Waals surface area contributed by atoms with Crippen molar-refractivity contribution in [2.75, 3.05) is 0 Å². The number of ether oxygens (including phenoxy) is 2. The van der Waals surface area contributed by atoms with E-state index in [1.165, 1.54) is 32.9 Å². The Morgan fingerprint density at radius 1 is 1.00 bits per heavy atom. The second-order valence-electron chi connectivity index (χ2n) is 5.77. The topological polar surface area (TPSA) is 119 Å². The van der Waals surface area contributed by atoms with E-state index < -0.39 is 23.9 Å². The fraction of sp³-hybridized carbons (Fsp3) is 0.389. The molecule has 0 radical (unpaired) electrons. The third-order valence-corrected chi connectivity index (χ3v) is 3.11. The number of aliphatic imine (C=N–C) groups is 1. The van der Waals surface area contributed by atoms with E-state index in [2.05, 4.69) is 4.99 Å². The molecule has 26 heavy (non-hydrogen) atoms. The standard InChI is InChI=1S/C18H21NO7/c1-10(7-11(2)20)19-15(18(23)24)8-14-5-6-16(25-12(3)21)17(9-14)26-13(4)22/h5-6,9,15H,7-8H2,1-4H3,(H,23,24)/t15-/m0/s1. The number of nitrogens with zero attached hydrogens (tertiary/aromatic N) is 1. The van der Waals surface area contributed by atoms with Crippen LogP contribution in [0.5, 0.6) is 11.5 Å². The van der Waals surface area contributed by atoms with Crippen LogP contribution in [-0.2, 0) is 25.6 Å². The number of carboxylic acid groups (broad SMARTS) is 1. The Hall–Kier alpha value is -3.03. The predicted molar refractivity (Wildman–Crippen MR) is 92.6 cm³/mol. The first-order chi connectivity index (χ1) is 12.1. The van der Waals surface area contributed by atoms with Gasteiger partial charge in [0.15, 0.2) is 17.5 Å². The van der Waals surface area contributed by atoms with Gasteiger partial charge in [-0.25, -0.2) is 4.79 Å². The molecule has 8 heteroatoms. The predicted octanol–water partition coefficient (Wildman–Crippen LogP) is 1.97. The zero-order valence-corrected chi connectivity index (χ0v) is 15.1. The van der Waals surface area contributed by atoms with Crippen LogP contribution in [0.25, 0.3) is 0 Å². The lowest BCUT2D eigenvalue weighted by molar-refractivity contribution is -0.138. The molecule has 0 saturated heterocycles. The second-order valence-corrected chi connectivity index (χ2v) is 5.77. The van der Waals surface area contributed by atoms with Crippen LogP contribution in [0.4, 0.5) is 0 Å². The summed E-state index contributed by atoms with van der Waals surface area (Å²) in [7, 11) is 0. The van der Waals surface area contributed by atoms with Crippen molar-refractivity contribution in [2.45, 2.75) is 46.6 Å². The van der Waals surface area contributed by atoms with Crippen molar-refractivity contribution >= 4 is 29.4 Å². The van der Waals surface area contributed by atoms with Crippen molar-refractivity contribution in [1.29, 1.82) is 0 Å². The van der Waals surface area contributed by atoms with E-state index in [-0.39, 0.29) is 30.1 Å². The number of Topliss-reactive ketones (excluding diaryl/α,β-unsaturated/α-hetero) is 1. The van der Waals surface area contributed by atoms with Crippen LogP contribution in [0, 0.1) is 0 Å². The van der Waals surface area contributed by atoms with Crippen molar-refractivity contribution < 1.29 is 33.8 Å². The van der Waals surface area contributed by atoms with Crippen molar-refractivity contribution in [3.63, 3.8) is 0 Å². The van der Waals surface area contributed by atoms with Gasteiger partial charge in [0, 0.05) is 32.4 Å². The fourth-order valence-electron chi connectivity index (χ4n) is 2.24. The monoisotopic (exact) mass is 363 g/mol. The van der Waals surface area contributed by atoms with Crippen LogP contribution in [0.1, 0.15) is 39.7 Å². The molecule has 0 aliphatic carbocycles. The van der Waals surface area contributed by atoms with E-state index >= 15 is 0 Å². The summed E-state index contributed by atoms with van der Waals surface area (Å²) < 4.78 is 9.98. The molecule has 0 spiro atoms. The lowest BCUT2D eigenvalue weighted by atomic mass is 10.1. The minimum atomic E-state index is -1.15. The maximum absolute atomic E-state index is 11.5. The summed E-state index contributed by atoms with van der Waals surface area (Å²) >= 11 is 0. The average molecular weight is 363 g/mol. The molecule has 0 heterocycles. The quantitative estimate of drug-likeness (QED) is 0.426. The van der Waals surface area contributed by atoms with Gasteiger partial charge >= 0.3 is 17.9 Å². The highest BCUT2D eigenvalue weighted by Gasteiger charge is 2.19.